The fourth-order valence-electron chi connectivity index (χ4n) is 1.60. The number of hydrogen-bond acceptors (Lipinski definition) is 4. The third kappa shape index (κ3) is 2.36. The van der Waals surface area contributed by atoms with Crippen molar-refractivity contribution in [2.75, 3.05) is 12.4 Å². The van der Waals surface area contributed by atoms with Crippen molar-refractivity contribution in [2.45, 2.75) is 18.9 Å². The van der Waals surface area contributed by atoms with Crippen LogP contribution in [0.25, 0.3) is 0 Å². The number of hydrogen-bond donors (Lipinski definition) is 2. The summed E-state index contributed by atoms with van der Waals surface area (Å²) in [5, 5.41) is 13.6. The predicted molar refractivity (Wildman–Crippen MR) is 61.2 cm³/mol. The minimum atomic E-state index is -0.221. The summed E-state index contributed by atoms with van der Waals surface area (Å²) in [4.78, 5) is 11.2. The second-order valence-electron chi connectivity index (χ2n) is 3.67. The quantitative estimate of drug-likeness (QED) is 0.742. The van der Waals surface area contributed by atoms with Crippen molar-refractivity contribution >= 4 is 11.7 Å². The van der Waals surface area contributed by atoms with Gasteiger partial charge in [-0.05, 0) is 25.0 Å². The number of carbonyl (C=O) groups is 1. The molecule has 5 heteroatoms. The highest BCUT2D eigenvalue weighted by Crippen LogP contribution is 2.14. The summed E-state index contributed by atoms with van der Waals surface area (Å²) in [5.41, 5.74) is 0.331. The second kappa shape index (κ2) is 4.74. The summed E-state index contributed by atoms with van der Waals surface area (Å²) < 4.78 is 0. The summed E-state index contributed by atoms with van der Waals surface area (Å²) in [6, 6.07) is 3.84. The number of amides is 1. The summed E-state index contributed by atoms with van der Waals surface area (Å²) >= 11 is 0. The zero-order chi connectivity index (χ0) is 11.4. The van der Waals surface area contributed by atoms with E-state index in [-0.39, 0.29) is 5.91 Å². The van der Waals surface area contributed by atoms with Crippen LogP contribution in [0.4, 0.5) is 5.82 Å². The molecule has 2 N–H and O–H groups in total. The Morgan fingerprint density at radius 1 is 1.31 bits per heavy atom. The number of aromatic nitrogens is 2. The highest BCUT2D eigenvalue weighted by molar-refractivity contribution is 5.91. The SMILES string of the molecule is CNC(=O)c1ccc(NC2CC=CC2)nn1. The van der Waals surface area contributed by atoms with Gasteiger partial charge in [-0.1, -0.05) is 12.2 Å². The molecule has 0 radical (unpaired) electrons. The molecule has 0 saturated carbocycles. The molecule has 0 atom stereocenters. The van der Waals surface area contributed by atoms with Gasteiger partial charge in [0.1, 0.15) is 5.82 Å². The van der Waals surface area contributed by atoms with Crippen LogP contribution in [0.5, 0.6) is 0 Å². The molecule has 0 aliphatic heterocycles. The molecule has 5 nitrogen and oxygen atoms in total. The van der Waals surface area contributed by atoms with Crippen molar-refractivity contribution < 1.29 is 4.79 Å². The Kier molecular flexibility index (Phi) is 3.14. The highest BCUT2D eigenvalue weighted by Gasteiger charge is 2.11. The first-order valence-electron chi connectivity index (χ1n) is 5.27. The van der Waals surface area contributed by atoms with Gasteiger partial charge < -0.3 is 10.6 Å². The number of carbonyl (C=O) groups excluding carboxylic acids is 1. The molecule has 0 bridgehead atoms. The highest BCUT2D eigenvalue weighted by atomic mass is 16.1. The molecular weight excluding hydrogens is 204 g/mol. The average Bonchev–Trinajstić information content (AvgIpc) is 2.82. The molecule has 1 aromatic heterocycles. The summed E-state index contributed by atoms with van der Waals surface area (Å²) in [7, 11) is 1.57. The lowest BCUT2D eigenvalue weighted by Gasteiger charge is -2.11. The molecule has 1 amide bonds. The molecule has 84 valence electrons. The van der Waals surface area contributed by atoms with Crippen LogP contribution in [0.1, 0.15) is 23.3 Å². The number of nitrogens with one attached hydrogen (secondary N) is 2. The van der Waals surface area contributed by atoms with Crippen LogP contribution in [-0.2, 0) is 0 Å². The topological polar surface area (TPSA) is 66.9 Å². The first-order valence-corrected chi connectivity index (χ1v) is 5.27. The van der Waals surface area contributed by atoms with Gasteiger partial charge in [-0.3, -0.25) is 4.79 Å². The Morgan fingerprint density at radius 2 is 2.06 bits per heavy atom. The maximum absolute atomic E-state index is 11.2. The molecule has 1 heterocycles. The third-order valence-electron chi connectivity index (χ3n) is 2.48. The van der Waals surface area contributed by atoms with E-state index in [0.29, 0.717) is 17.6 Å². The Morgan fingerprint density at radius 3 is 2.62 bits per heavy atom. The van der Waals surface area contributed by atoms with E-state index in [1.807, 2.05) is 0 Å². The van der Waals surface area contributed by atoms with Gasteiger partial charge in [-0.25, -0.2) is 0 Å². The number of rotatable bonds is 3. The fourth-order valence-corrected chi connectivity index (χ4v) is 1.60. The summed E-state index contributed by atoms with van der Waals surface area (Å²) in [6.45, 7) is 0. The maximum atomic E-state index is 11.2. The van der Waals surface area contributed by atoms with Crippen molar-refractivity contribution in [3.05, 3.63) is 30.0 Å². The normalized spacial score (nSPS) is 15.1. The van der Waals surface area contributed by atoms with Gasteiger partial charge in [0.15, 0.2) is 5.69 Å². The van der Waals surface area contributed by atoms with Gasteiger partial charge in [-0.2, -0.15) is 0 Å². The van der Waals surface area contributed by atoms with E-state index in [1.165, 1.54) is 0 Å². The smallest absolute Gasteiger partial charge is 0.271 e. The molecule has 16 heavy (non-hydrogen) atoms. The molecule has 0 unspecified atom stereocenters. The molecule has 0 spiro atoms. The Balaban J connectivity index is 1.99. The van der Waals surface area contributed by atoms with Crippen LogP contribution >= 0.6 is 0 Å². The van der Waals surface area contributed by atoms with Crippen molar-refractivity contribution in [3.8, 4) is 0 Å². The van der Waals surface area contributed by atoms with Crippen molar-refractivity contribution in [2.24, 2.45) is 0 Å². The minimum absolute atomic E-state index is 0.221. The summed E-state index contributed by atoms with van der Waals surface area (Å²) in [5.74, 6) is 0.489. The van der Waals surface area contributed by atoms with E-state index in [9.17, 15) is 4.79 Å². The molecule has 1 aromatic rings. The van der Waals surface area contributed by atoms with E-state index >= 15 is 0 Å². The number of anilines is 1. The zero-order valence-electron chi connectivity index (χ0n) is 9.10. The monoisotopic (exact) mass is 218 g/mol. The Bertz CT molecular complexity index is 391. The lowest BCUT2D eigenvalue weighted by Crippen LogP contribution is -2.21. The summed E-state index contributed by atoms with van der Waals surface area (Å²) in [6.07, 6.45) is 6.31. The lowest BCUT2D eigenvalue weighted by atomic mass is 10.2. The van der Waals surface area contributed by atoms with Gasteiger partial charge >= 0.3 is 0 Å². The number of nitrogens with zero attached hydrogens (tertiary/aromatic N) is 2. The maximum Gasteiger partial charge on any atom is 0.271 e. The predicted octanol–water partition coefficient (Wildman–Crippen LogP) is 0.967. The average molecular weight is 218 g/mol. The molecular formula is C11H14N4O. The van der Waals surface area contributed by atoms with Crippen LogP contribution < -0.4 is 10.6 Å². The van der Waals surface area contributed by atoms with Crippen LogP contribution in [0.2, 0.25) is 0 Å². The molecule has 0 saturated heterocycles. The van der Waals surface area contributed by atoms with Crippen LogP contribution in [-0.4, -0.2) is 29.2 Å². The van der Waals surface area contributed by atoms with E-state index in [2.05, 4.69) is 33.0 Å². The van der Waals surface area contributed by atoms with Crippen LogP contribution in [0, 0.1) is 0 Å². The minimum Gasteiger partial charge on any atom is -0.365 e. The first-order chi connectivity index (χ1) is 7.79. The van der Waals surface area contributed by atoms with Gasteiger partial charge in [-0.15, -0.1) is 10.2 Å². The van der Waals surface area contributed by atoms with Gasteiger partial charge in [0.2, 0.25) is 0 Å². The van der Waals surface area contributed by atoms with Crippen molar-refractivity contribution in [1.29, 1.82) is 0 Å². The molecule has 0 aromatic carbocycles. The molecule has 2 rings (SSSR count). The van der Waals surface area contributed by atoms with Crippen LogP contribution in [0.3, 0.4) is 0 Å². The lowest BCUT2D eigenvalue weighted by molar-refractivity contribution is 0.0957. The van der Waals surface area contributed by atoms with E-state index in [0.717, 1.165) is 12.8 Å². The van der Waals surface area contributed by atoms with Gasteiger partial charge in [0, 0.05) is 13.1 Å². The second-order valence-corrected chi connectivity index (χ2v) is 3.67. The fraction of sp³-hybridized carbons (Fsp3) is 0.364. The van der Waals surface area contributed by atoms with Crippen LogP contribution in [0.15, 0.2) is 24.3 Å². The molecule has 0 fully saturated rings. The largest absolute Gasteiger partial charge is 0.365 e. The molecule has 1 aliphatic rings. The molecule has 1 aliphatic carbocycles. The Labute approximate surface area is 94.0 Å². The van der Waals surface area contributed by atoms with Crippen molar-refractivity contribution in [1.82, 2.24) is 15.5 Å². The van der Waals surface area contributed by atoms with E-state index in [1.54, 1.807) is 19.2 Å². The van der Waals surface area contributed by atoms with E-state index in [4.69, 9.17) is 0 Å². The third-order valence-corrected chi connectivity index (χ3v) is 2.48. The zero-order valence-corrected chi connectivity index (χ0v) is 9.10. The Hall–Kier alpha value is -1.91. The van der Waals surface area contributed by atoms with Gasteiger partial charge in [0.05, 0.1) is 0 Å². The van der Waals surface area contributed by atoms with E-state index < -0.39 is 0 Å². The standard InChI is InChI=1S/C11H14N4O/c1-12-11(16)9-6-7-10(15-14-9)13-8-4-2-3-5-8/h2-3,6-8H,4-5H2,1H3,(H,12,16)(H,13,15). The van der Waals surface area contributed by atoms with Crippen molar-refractivity contribution in [3.63, 3.8) is 0 Å². The van der Waals surface area contributed by atoms with Gasteiger partial charge in [0.25, 0.3) is 5.91 Å². The first kappa shape index (κ1) is 10.6.